The molecular weight excluding hydrogens is 404 g/mol. The third-order valence-corrected chi connectivity index (χ3v) is 4.76. The SMILES string of the molecule is CCCC(C)(CC)CNC(=O)COCCOCCOCCOCCOCCNC(C)=O. The highest BCUT2D eigenvalue weighted by Crippen LogP contribution is 2.25. The van der Waals surface area contributed by atoms with Gasteiger partial charge in [-0.15, -0.1) is 0 Å². The molecule has 0 bridgehead atoms. The lowest BCUT2D eigenvalue weighted by atomic mass is 9.83. The normalized spacial score (nSPS) is 13.0. The van der Waals surface area contributed by atoms with E-state index in [-0.39, 0.29) is 23.8 Å². The van der Waals surface area contributed by atoms with Crippen molar-refractivity contribution in [3.63, 3.8) is 0 Å². The van der Waals surface area contributed by atoms with Crippen molar-refractivity contribution in [1.29, 1.82) is 0 Å². The predicted molar refractivity (Wildman–Crippen MR) is 119 cm³/mol. The Morgan fingerprint density at radius 2 is 1.23 bits per heavy atom. The Labute approximate surface area is 187 Å². The maximum atomic E-state index is 11.9. The van der Waals surface area contributed by atoms with Crippen molar-refractivity contribution >= 4 is 11.8 Å². The van der Waals surface area contributed by atoms with Gasteiger partial charge in [0.2, 0.25) is 11.8 Å². The first kappa shape index (κ1) is 29.7. The lowest BCUT2D eigenvalue weighted by molar-refractivity contribution is -0.126. The van der Waals surface area contributed by atoms with Crippen LogP contribution in [0.3, 0.4) is 0 Å². The van der Waals surface area contributed by atoms with Crippen LogP contribution in [0.2, 0.25) is 0 Å². The number of nitrogens with one attached hydrogen (secondary N) is 2. The molecule has 0 heterocycles. The highest BCUT2D eigenvalue weighted by molar-refractivity contribution is 5.77. The Bertz CT molecular complexity index is 452. The zero-order valence-electron chi connectivity index (χ0n) is 20.0. The van der Waals surface area contributed by atoms with Crippen molar-refractivity contribution in [1.82, 2.24) is 10.6 Å². The van der Waals surface area contributed by atoms with Crippen LogP contribution in [0.15, 0.2) is 0 Å². The van der Waals surface area contributed by atoms with Crippen LogP contribution in [0.1, 0.15) is 47.0 Å². The van der Waals surface area contributed by atoms with E-state index in [0.29, 0.717) is 72.6 Å². The second-order valence-corrected chi connectivity index (χ2v) is 7.68. The van der Waals surface area contributed by atoms with E-state index in [2.05, 4.69) is 31.4 Å². The lowest BCUT2D eigenvalue weighted by Gasteiger charge is -2.28. The molecule has 0 spiro atoms. The van der Waals surface area contributed by atoms with E-state index < -0.39 is 0 Å². The quantitative estimate of drug-likeness (QED) is 0.242. The number of hydrogen-bond acceptors (Lipinski definition) is 7. The second kappa shape index (κ2) is 20.6. The molecule has 2 amide bonds. The van der Waals surface area contributed by atoms with Gasteiger partial charge in [0, 0.05) is 20.0 Å². The van der Waals surface area contributed by atoms with Crippen LogP contribution in [0, 0.1) is 5.41 Å². The summed E-state index contributed by atoms with van der Waals surface area (Å²) >= 11 is 0. The minimum Gasteiger partial charge on any atom is -0.377 e. The molecule has 0 aromatic heterocycles. The first-order valence-corrected chi connectivity index (χ1v) is 11.3. The molecule has 31 heavy (non-hydrogen) atoms. The summed E-state index contributed by atoms with van der Waals surface area (Å²) in [6, 6.07) is 0. The molecule has 0 saturated carbocycles. The number of rotatable bonds is 22. The highest BCUT2D eigenvalue weighted by Gasteiger charge is 2.21. The zero-order chi connectivity index (χ0) is 23.2. The van der Waals surface area contributed by atoms with Crippen LogP contribution in [0.4, 0.5) is 0 Å². The maximum absolute atomic E-state index is 11.9. The fraction of sp³-hybridized carbons (Fsp3) is 0.909. The van der Waals surface area contributed by atoms with E-state index in [9.17, 15) is 9.59 Å². The molecule has 0 saturated heterocycles. The molecule has 1 atom stereocenters. The van der Waals surface area contributed by atoms with E-state index in [4.69, 9.17) is 23.7 Å². The van der Waals surface area contributed by atoms with E-state index >= 15 is 0 Å². The van der Waals surface area contributed by atoms with Crippen LogP contribution in [-0.4, -0.2) is 91.0 Å². The molecule has 0 fully saturated rings. The minimum absolute atomic E-state index is 0.0556. The average Bonchev–Trinajstić information content (AvgIpc) is 2.74. The first-order valence-electron chi connectivity index (χ1n) is 11.3. The molecule has 0 aliphatic rings. The van der Waals surface area contributed by atoms with Gasteiger partial charge in [0.1, 0.15) is 6.61 Å². The van der Waals surface area contributed by atoms with Crippen LogP contribution in [0.25, 0.3) is 0 Å². The van der Waals surface area contributed by atoms with Gasteiger partial charge in [0.15, 0.2) is 0 Å². The van der Waals surface area contributed by atoms with Crippen molar-refractivity contribution in [3.05, 3.63) is 0 Å². The van der Waals surface area contributed by atoms with Crippen LogP contribution in [-0.2, 0) is 33.3 Å². The summed E-state index contributed by atoms with van der Waals surface area (Å²) in [5, 5.41) is 5.61. The molecule has 2 N–H and O–H groups in total. The lowest BCUT2D eigenvalue weighted by Crippen LogP contribution is -2.37. The Hall–Kier alpha value is -1.26. The summed E-state index contributed by atoms with van der Waals surface area (Å²) < 4.78 is 26.8. The maximum Gasteiger partial charge on any atom is 0.246 e. The molecule has 0 aromatic rings. The highest BCUT2D eigenvalue weighted by atomic mass is 16.6. The standard InChI is InChI=1S/C22H44N2O7/c1-5-7-22(4,6-2)19-24-21(26)18-31-17-16-30-15-14-29-13-12-28-11-10-27-9-8-23-20(3)25/h5-19H2,1-4H3,(H,23,25)(H,24,26). The fourth-order valence-corrected chi connectivity index (χ4v) is 2.70. The Morgan fingerprint density at radius 3 is 1.68 bits per heavy atom. The molecule has 0 radical (unpaired) electrons. The Balaban J connectivity index is 3.31. The first-order chi connectivity index (χ1) is 14.9. The van der Waals surface area contributed by atoms with Gasteiger partial charge in [-0.2, -0.15) is 0 Å². The molecule has 0 rings (SSSR count). The van der Waals surface area contributed by atoms with Gasteiger partial charge < -0.3 is 34.3 Å². The summed E-state index contributed by atoms with van der Waals surface area (Å²) in [6.45, 7) is 13.4. The molecule has 0 aromatic carbocycles. The zero-order valence-corrected chi connectivity index (χ0v) is 20.0. The van der Waals surface area contributed by atoms with Gasteiger partial charge in [0.25, 0.3) is 0 Å². The molecule has 0 aliphatic carbocycles. The Kier molecular flexibility index (Phi) is 19.8. The molecule has 0 aliphatic heterocycles. The molecule has 9 nitrogen and oxygen atoms in total. The van der Waals surface area contributed by atoms with Crippen molar-refractivity contribution in [2.75, 3.05) is 79.2 Å². The van der Waals surface area contributed by atoms with E-state index in [1.807, 2.05) is 0 Å². The smallest absolute Gasteiger partial charge is 0.246 e. The summed E-state index contributed by atoms with van der Waals surface area (Å²) in [5.41, 5.74) is 0.154. The van der Waals surface area contributed by atoms with Gasteiger partial charge in [-0.1, -0.05) is 27.2 Å². The van der Waals surface area contributed by atoms with Crippen LogP contribution >= 0.6 is 0 Å². The monoisotopic (exact) mass is 448 g/mol. The van der Waals surface area contributed by atoms with E-state index in [1.165, 1.54) is 6.92 Å². The third kappa shape index (κ3) is 20.4. The van der Waals surface area contributed by atoms with E-state index in [0.717, 1.165) is 19.3 Å². The summed E-state index contributed by atoms with van der Waals surface area (Å²) in [5.74, 6) is -0.147. The number of hydrogen-bond donors (Lipinski definition) is 2. The van der Waals surface area contributed by atoms with Crippen molar-refractivity contribution in [2.24, 2.45) is 5.41 Å². The van der Waals surface area contributed by atoms with Gasteiger partial charge >= 0.3 is 0 Å². The van der Waals surface area contributed by atoms with Gasteiger partial charge in [-0.25, -0.2) is 0 Å². The molecule has 1 unspecified atom stereocenters. The minimum atomic E-state index is -0.0859. The predicted octanol–water partition coefficient (Wildman–Crippen LogP) is 1.54. The van der Waals surface area contributed by atoms with Crippen LogP contribution in [0.5, 0.6) is 0 Å². The number of carbonyl (C=O) groups excluding carboxylic acids is 2. The molecule has 9 heteroatoms. The second-order valence-electron chi connectivity index (χ2n) is 7.68. The molecule has 184 valence electrons. The third-order valence-electron chi connectivity index (χ3n) is 4.76. The molecular formula is C22H44N2O7. The van der Waals surface area contributed by atoms with Crippen molar-refractivity contribution < 1.29 is 33.3 Å². The topological polar surface area (TPSA) is 104 Å². The average molecular weight is 449 g/mol. The van der Waals surface area contributed by atoms with Crippen molar-refractivity contribution in [3.8, 4) is 0 Å². The summed E-state index contributed by atoms with van der Waals surface area (Å²) in [6.07, 6.45) is 3.25. The van der Waals surface area contributed by atoms with Crippen LogP contribution < -0.4 is 10.6 Å². The number of amides is 2. The fourth-order valence-electron chi connectivity index (χ4n) is 2.70. The Morgan fingerprint density at radius 1 is 0.742 bits per heavy atom. The van der Waals surface area contributed by atoms with E-state index in [1.54, 1.807) is 0 Å². The largest absolute Gasteiger partial charge is 0.377 e. The van der Waals surface area contributed by atoms with Gasteiger partial charge in [0.05, 0.1) is 59.5 Å². The van der Waals surface area contributed by atoms with Gasteiger partial charge in [-0.3, -0.25) is 9.59 Å². The number of carbonyl (C=O) groups is 2. The van der Waals surface area contributed by atoms with Gasteiger partial charge in [-0.05, 0) is 18.3 Å². The number of ether oxygens (including phenoxy) is 5. The van der Waals surface area contributed by atoms with Crippen molar-refractivity contribution in [2.45, 2.75) is 47.0 Å². The summed E-state index contributed by atoms with van der Waals surface area (Å²) in [7, 11) is 0. The summed E-state index contributed by atoms with van der Waals surface area (Å²) in [4.78, 5) is 22.5.